The van der Waals surface area contributed by atoms with E-state index in [0.29, 0.717) is 23.8 Å². The Kier molecular flexibility index (Phi) is 9.38. The number of benzene rings is 2. The van der Waals surface area contributed by atoms with Gasteiger partial charge in [-0.05, 0) is 68.3 Å². The average molecular weight is 479 g/mol. The van der Waals surface area contributed by atoms with Crippen molar-refractivity contribution < 1.29 is 24.7 Å². The molecule has 9 heteroatoms. The van der Waals surface area contributed by atoms with Gasteiger partial charge < -0.3 is 21.1 Å². The number of carbonyl (C=O) groups is 3. The summed E-state index contributed by atoms with van der Waals surface area (Å²) in [7, 11) is 0. The Morgan fingerprint density at radius 1 is 0.971 bits per heavy atom. The fraction of sp³-hybridized carbons (Fsp3) is 0.346. The van der Waals surface area contributed by atoms with Crippen LogP contribution in [0.1, 0.15) is 54.1 Å². The number of nitrogens with one attached hydrogen (secondary N) is 4. The van der Waals surface area contributed by atoms with Crippen LogP contribution in [0.5, 0.6) is 0 Å². The minimum absolute atomic E-state index is 0.0726. The van der Waals surface area contributed by atoms with Gasteiger partial charge in [0.1, 0.15) is 6.04 Å². The van der Waals surface area contributed by atoms with E-state index in [0.717, 1.165) is 18.4 Å². The molecular weight excluding hydrogens is 448 g/mol. The maximum absolute atomic E-state index is 12.3. The Morgan fingerprint density at radius 2 is 1.54 bits per heavy atom. The summed E-state index contributed by atoms with van der Waals surface area (Å²) in [6.07, 6.45) is 3.51. The van der Waals surface area contributed by atoms with Crippen LogP contribution in [0.2, 0.25) is 0 Å². The second-order valence-electron chi connectivity index (χ2n) is 8.48. The molecule has 0 saturated heterocycles. The van der Waals surface area contributed by atoms with Crippen molar-refractivity contribution in [2.45, 2.75) is 50.8 Å². The molecule has 1 fully saturated rings. The molecule has 9 nitrogen and oxygen atoms in total. The molecule has 3 amide bonds. The lowest BCUT2D eigenvalue weighted by Gasteiger charge is -2.19. The number of carbonyl (C=O) groups excluding carboxylic acids is 3. The second kappa shape index (κ2) is 12.7. The molecule has 35 heavy (non-hydrogen) atoms. The van der Waals surface area contributed by atoms with Crippen molar-refractivity contribution in [1.82, 2.24) is 16.1 Å². The number of anilines is 1. The Labute approximate surface area is 204 Å². The van der Waals surface area contributed by atoms with Crippen molar-refractivity contribution in [2.75, 3.05) is 11.9 Å². The average Bonchev–Trinajstić information content (AvgIpc) is 3.39. The molecule has 2 unspecified atom stereocenters. The van der Waals surface area contributed by atoms with Crippen LogP contribution in [0.3, 0.4) is 0 Å². The lowest BCUT2D eigenvalue weighted by molar-refractivity contribution is -0.133. The highest BCUT2D eigenvalue weighted by molar-refractivity contribution is 5.97. The molecule has 0 bridgehead atoms. The van der Waals surface area contributed by atoms with E-state index in [1.807, 2.05) is 12.1 Å². The summed E-state index contributed by atoms with van der Waals surface area (Å²) in [6.45, 7) is 1.63. The van der Waals surface area contributed by atoms with Gasteiger partial charge in [0.15, 0.2) is 0 Å². The van der Waals surface area contributed by atoms with Crippen molar-refractivity contribution in [3.05, 3.63) is 65.2 Å². The molecule has 1 saturated carbocycles. The maximum Gasteiger partial charge on any atom is 0.268 e. The van der Waals surface area contributed by atoms with Gasteiger partial charge in [-0.2, -0.15) is 0 Å². The van der Waals surface area contributed by atoms with Gasteiger partial charge in [-0.25, -0.2) is 5.48 Å². The third-order valence-corrected chi connectivity index (χ3v) is 5.74. The number of hydrogen-bond donors (Lipinski definition) is 6. The van der Waals surface area contributed by atoms with Crippen molar-refractivity contribution >= 4 is 23.4 Å². The van der Waals surface area contributed by atoms with Gasteiger partial charge in [0, 0.05) is 28.4 Å². The molecule has 2 aromatic rings. The number of aliphatic hydroxyl groups is 1. The molecule has 1 aliphatic carbocycles. The summed E-state index contributed by atoms with van der Waals surface area (Å²) >= 11 is 0. The molecule has 3 rings (SSSR count). The van der Waals surface area contributed by atoms with Crippen LogP contribution in [0.15, 0.2) is 48.5 Å². The van der Waals surface area contributed by atoms with Gasteiger partial charge in [0.05, 0.1) is 12.6 Å². The SMILES string of the molecule is CC(O)C(NC(=O)c1ccc(C#Cc2ccc(NC(=O)CNC3CCCC3)cc2)cc1)C(=O)NO. The van der Waals surface area contributed by atoms with Crippen molar-refractivity contribution in [3.8, 4) is 11.8 Å². The molecule has 6 N–H and O–H groups in total. The number of rotatable bonds is 8. The summed E-state index contributed by atoms with van der Waals surface area (Å²) in [5, 5.41) is 26.9. The Bertz CT molecular complexity index is 1080. The quantitative estimate of drug-likeness (QED) is 0.193. The standard InChI is InChI=1S/C26H30N4O5/c1-17(31)24(26(34)30-35)29-25(33)20-12-8-18(9-13-20)6-7-19-10-14-22(15-11-19)28-23(32)16-27-21-4-2-3-5-21/h8-15,17,21,24,27,31,35H,2-5,16H2,1H3,(H,28,32)(H,29,33)(H,30,34). The molecule has 184 valence electrons. The van der Waals surface area contributed by atoms with Crippen LogP contribution in [0.25, 0.3) is 0 Å². The predicted molar refractivity (Wildman–Crippen MR) is 131 cm³/mol. The van der Waals surface area contributed by atoms with Gasteiger partial charge in [0.2, 0.25) is 5.91 Å². The van der Waals surface area contributed by atoms with Crippen molar-refractivity contribution in [2.24, 2.45) is 0 Å². The van der Waals surface area contributed by atoms with E-state index in [-0.39, 0.29) is 11.5 Å². The van der Waals surface area contributed by atoms with Crippen LogP contribution < -0.4 is 21.4 Å². The smallest absolute Gasteiger partial charge is 0.268 e. The predicted octanol–water partition coefficient (Wildman–Crippen LogP) is 1.54. The number of hydrogen-bond acceptors (Lipinski definition) is 6. The van der Waals surface area contributed by atoms with E-state index < -0.39 is 24.0 Å². The van der Waals surface area contributed by atoms with Crippen molar-refractivity contribution in [3.63, 3.8) is 0 Å². The first-order valence-electron chi connectivity index (χ1n) is 11.5. The Hall–Kier alpha value is -3.71. The van der Waals surface area contributed by atoms with E-state index in [2.05, 4.69) is 27.8 Å². The lowest BCUT2D eigenvalue weighted by atomic mass is 10.1. The van der Waals surface area contributed by atoms with Gasteiger partial charge >= 0.3 is 0 Å². The summed E-state index contributed by atoms with van der Waals surface area (Å²) in [4.78, 5) is 36.0. The van der Waals surface area contributed by atoms with Crippen LogP contribution in [-0.2, 0) is 9.59 Å². The summed E-state index contributed by atoms with van der Waals surface area (Å²) in [6, 6.07) is 12.8. The van der Waals surface area contributed by atoms with Gasteiger partial charge in [-0.15, -0.1) is 0 Å². The minimum Gasteiger partial charge on any atom is -0.391 e. The highest BCUT2D eigenvalue weighted by atomic mass is 16.5. The molecule has 2 aromatic carbocycles. The van der Waals surface area contributed by atoms with Crippen LogP contribution in [0, 0.1) is 11.8 Å². The number of amides is 3. The Morgan fingerprint density at radius 3 is 2.09 bits per heavy atom. The first kappa shape index (κ1) is 25.9. The minimum atomic E-state index is -1.29. The van der Waals surface area contributed by atoms with Gasteiger partial charge in [-0.3, -0.25) is 19.6 Å². The first-order valence-corrected chi connectivity index (χ1v) is 11.5. The topological polar surface area (TPSA) is 140 Å². The van der Waals surface area contributed by atoms with Gasteiger partial charge in [-0.1, -0.05) is 24.7 Å². The summed E-state index contributed by atoms with van der Waals surface area (Å²) in [5.74, 6) is 4.48. The third-order valence-electron chi connectivity index (χ3n) is 5.74. The second-order valence-corrected chi connectivity index (χ2v) is 8.48. The fourth-order valence-electron chi connectivity index (χ4n) is 3.76. The van der Waals surface area contributed by atoms with E-state index >= 15 is 0 Å². The highest BCUT2D eigenvalue weighted by Crippen LogP contribution is 2.17. The zero-order chi connectivity index (χ0) is 25.2. The highest BCUT2D eigenvalue weighted by Gasteiger charge is 2.25. The number of aliphatic hydroxyl groups excluding tert-OH is 1. The monoisotopic (exact) mass is 478 g/mol. The molecule has 0 aromatic heterocycles. The van der Waals surface area contributed by atoms with Gasteiger partial charge in [0.25, 0.3) is 11.8 Å². The van der Waals surface area contributed by atoms with Crippen molar-refractivity contribution in [1.29, 1.82) is 0 Å². The van der Waals surface area contributed by atoms with E-state index in [9.17, 15) is 19.5 Å². The van der Waals surface area contributed by atoms with Crippen LogP contribution in [-0.4, -0.2) is 52.8 Å². The van der Waals surface area contributed by atoms with E-state index in [1.54, 1.807) is 36.4 Å². The van der Waals surface area contributed by atoms with Crippen LogP contribution >= 0.6 is 0 Å². The lowest BCUT2D eigenvalue weighted by Crippen LogP contribution is -2.51. The van der Waals surface area contributed by atoms with E-state index in [4.69, 9.17) is 5.21 Å². The zero-order valence-electron chi connectivity index (χ0n) is 19.5. The molecule has 0 spiro atoms. The molecule has 0 aliphatic heterocycles. The largest absolute Gasteiger partial charge is 0.391 e. The summed E-state index contributed by atoms with van der Waals surface area (Å²) < 4.78 is 0. The fourth-order valence-corrected chi connectivity index (χ4v) is 3.76. The third kappa shape index (κ3) is 7.93. The maximum atomic E-state index is 12.3. The summed E-state index contributed by atoms with van der Waals surface area (Å²) in [5.41, 5.74) is 3.84. The molecule has 0 radical (unpaired) electrons. The molecular formula is C26H30N4O5. The first-order chi connectivity index (χ1) is 16.9. The van der Waals surface area contributed by atoms with E-state index in [1.165, 1.54) is 25.2 Å². The molecule has 1 aliphatic rings. The normalized spacial score (nSPS) is 14.8. The Balaban J connectivity index is 1.52. The zero-order valence-corrected chi connectivity index (χ0v) is 19.5. The van der Waals surface area contributed by atoms with Crippen LogP contribution in [0.4, 0.5) is 5.69 Å². The number of hydroxylamine groups is 1. The molecule has 0 heterocycles. The molecule has 2 atom stereocenters.